The van der Waals surface area contributed by atoms with Crippen LogP contribution < -0.4 is 4.74 Å². The van der Waals surface area contributed by atoms with Gasteiger partial charge in [-0.1, -0.05) is 23.4 Å². The summed E-state index contributed by atoms with van der Waals surface area (Å²) < 4.78 is 16.1. The molecule has 0 saturated carbocycles. The number of hydrogen-bond donors (Lipinski definition) is 6. The number of nitrogens with one attached hydrogen (secondary N) is 1. The molecule has 0 amide bonds. The van der Waals surface area contributed by atoms with Crippen LogP contribution in [-0.2, 0) is 14.3 Å². The topological polar surface area (TPSA) is 179 Å². The van der Waals surface area contributed by atoms with Gasteiger partial charge in [0.2, 0.25) is 0 Å². The van der Waals surface area contributed by atoms with Crippen molar-refractivity contribution in [3.05, 3.63) is 53.6 Å². The summed E-state index contributed by atoms with van der Waals surface area (Å²) in [7, 11) is 1.56. The van der Waals surface area contributed by atoms with E-state index in [0.717, 1.165) is 0 Å². The number of H-pyrrole nitrogens is 1. The van der Waals surface area contributed by atoms with Crippen LogP contribution in [0, 0.1) is 0 Å². The number of rotatable bonds is 8. The molecule has 196 valence electrons. The number of ether oxygens (including phenoxy) is 3. The summed E-state index contributed by atoms with van der Waals surface area (Å²) >= 11 is 0. The Balaban J connectivity index is 1.34. The van der Waals surface area contributed by atoms with Crippen molar-refractivity contribution in [2.45, 2.75) is 30.7 Å². The molecule has 12 heteroatoms. The molecule has 2 aromatic carbocycles. The van der Waals surface area contributed by atoms with Crippen molar-refractivity contribution in [3.8, 4) is 11.6 Å². The van der Waals surface area contributed by atoms with Crippen LogP contribution in [0.5, 0.6) is 11.6 Å². The number of aliphatic hydroxyl groups is 4. The molecule has 3 heterocycles. The molecule has 37 heavy (non-hydrogen) atoms. The first kappa shape index (κ1) is 25.1. The molecule has 0 spiro atoms. The van der Waals surface area contributed by atoms with E-state index in [1.807, 2.05) is 24.3 Å². The highest BCUT2D eigenvalue weighted by Crippen LogP contribution is 2.36. The monoisotopic (exact) mass is 513 g/mol. The molecule has 0 bridgehead atoms. The first-order valence-electron chi connectivity index (χ1n) is 11.6. The number of hydrogen-bond acceptors (Lipinski definition) is 11. The molecule has 0 radical (unpaired) electrons. The van der Waals surface area contributed by atoms with Gasteiger partial charge in [-0.3, -0.25) is 0 Å². The van der Waals surface area contributed by atoms with Crippen LogP contribution in [-0.4, -0.2) is 99.6 Å². The predicted molar refractivity (Wildman–Crippen MR) is 131 cm³/mol. The van der Waals surface area contributed by atoms with Crippen molar-refractivity contribution in [3.63, 3.8) is 0 Å². The van der Waals surface area contributed by atoms with E-state index >= 15 is 0 Å². The fourth-order valence-electron chi connectivity index (χ4n) is 4.38. The van der Waals surface area contributed by atoms with Gasteiger partial charge in [0.25, 0.3) is 0 Å². The lowest BCUT2D eigenvalue weighted by Gasteiger charge is -2.39. The van der Waals surface area contributed by atoms with E-state index in [1.54, 1.807) is 25.3 Å². The van der Waals surface area contributed by atoms with Crippen LogP contribution in [0.15, 0.2) is 52.6 Å². The lowest BCUT2D eigenvalue weighted by atomic mass is 9.99. The Bertz CT molecular complexity index is 1340. The third kappa shape index (κ3) is 4.66. The van der Waals surface area contributed by atoms with Crippen LogP contribution in [0.1, 0.15) is 11.1 Å². The van der Waals surface area contributed by atoms with Crippen LogP contribution in [0.25, 0.3) is 10.9 Å². The second-order valence-electron chi connectivity index (χ2n) is 8.58. The fraction of sp³-hybridized carbons (Fsp3) is 0.360. The summed E-state index contributed by atoms with van der Waals surface area (Å²) in [4.78, 5) is 13.1. The van der Waals surface area contributed by atoms with Gasteiger partial charge in [-0.15, -0.1) is 0 Å². The second-order valence-corrected chi connectivity index (χ2v) is 8.58. The van der Waals surface area contributed by atoms with Crippen molar-refractivity contribution in [1.29, 1.82) is 0 Å². The number of aromatic amines is 1. The molecule has 1 unspecified atom stereocenters. The zero-order chi connectivity index (χ0) is 26.1. The van der Waals surface area contributed by atoms with Crippen molar-refractivity contribution >= 4 is 28.0 Å². The summed E-state index contributed by atoms with van der Waals surface area (Å²) in [5, 5.41) is 54.8. The summed E-state index contributed by atoms with van der Waals surface area (Å²) in [6.45, 7) is -0.687. The first-order valence-corrected chi connectivity index (χ1v) is 11.6. The quantitative estimate of drug-likeness (QED) is 0.185. The average Bonchev–Trinajstić information content (AvgIpc) is 3.43. The zero-order valence-corrected chi connectivity index (χ0v) is 19.8. The molecule has 1 aromatic heterocycles. The minimum absolute atomic E-state index is 0.0539. The number of methoxy groups -OCH3 is 1. The third-order valence-corrected chi connectivity index (χ3v) is 6.30. The van der Waals surface area contributed by atoms with Crippen LogP contribution in [0.2, 0.25) is 0 Å². The van der Waals surface area contributed by atoms with Crippen LogP contribution in [0.4, 0.5) is 5.69 Å². The highest BCUT2D eigenvalue weighted by molar-refractivity contribution is 6.58. The highest BCUT2D eigenvalue weighted by atomic mass is 16.7. The number of aliphatic hydroxyl groups excluding tert-OH is 4. The van der Waals surface area contributed by atoms with Gasteiger partial charge < -0.3 is 49.6 Å². The minimum Gasteiger partial charge on any atom is -0.497 e. The zero-order valence-electron chi connectivity index (χ0n) is 19.8. The fourth-order valence-corrected chi connectivity index (χ4v) is 4.38. The SMILES string of the molecule is COc1ccc2[nH]c(O)c(C3=Nc4ccccc4/C3=N\OCCOC3O[C@H](CO)[C@@H](O)[C@H](O)[C@H]3O)c2c1. The third-order valence-electron chi connectivity index (χ3n) is 6.30. The van der Waals surface area contributed by atoms with Crippen LogP contribution in [0.3, 0.4) is 0 Å². The smallest absolute Gasteiger partial charge is 0.199 e. The Labute approximate surface area is 211 Å². The number of aromatic nitrogens is 1. The summed E-state index contributed by atoms with van der Waals surface area (Å²) in [6.07, 6.45) is -6.85. The molecule has 6 N–H and O–H groups in total. The summed E-state index contributed by atoms with van der Waals surface area (Å²) in [6, 6.07) is 12.7. The van der Waals surface area contributed by atoms with Gasteiger partial charge in [-0.2, -0.15) is 0 Å². The number of aliphatic imine (C=N–C) groups is 1. The maximum Gasteiger partial charge on any atom is 0.199 e. The Morgan fingerprint density at radius 1 is 1.05 bits per heavy atom. The molecule has 2 aliphatic rings. The van der Waals surface area contributed by atoms with E-state index in [2.05, 4.69) is 15.1 Å². The number of oxime groups is 1. The predicted octanol–water partition coefficient (Wildman–Crippen LogP) is 0.554. The molecule has 5 atom stereocenters. The molecule has 1 saturated heterocycles. The van der Waals surface area contributed by atoms with E-state index in [9.17, 15) is 25.5 Å². The number of fused-ring (bicyclic) bond motifs is 2. The van der Waals surface area contributed by atoms with E-state index in [4.69, 9.17) is 19.0 Å². The normalized spacial score (nSPS) is 26.4. The number of nitrogens with zero attached hydrogens (tertiary/aromatic N) is 2. The van der Waals surface area contributed by atoms with Crippen molar-refractivity contribution in [2.75, 3.05) is 26.9 Å². The van der Waals surface area contributed by atoms with E-state index in [-0.39, 0.29) is 19.1 Å². The maximum absolute atomic E-state index is 10.7. The number of para-hydroxylation sites is 1. The van der Waals surface area contributed by atoms with Crippen molar-refractivity contribution in [1.82, 2.24) is 4.98 Å². The number of aromatic hydroxyl groups is 1. The summed E-state index contributed by atoms with van der Waals surface area (Å²) in [5.41, 5.74) is 3.33. The Hall–Kier alpha value is -3.52. The Morgan fingerprint density at radius 3 is 2.65 bits per heavy atom. The number of benzene rings is 2. The van der Waals surface area contributed by atoms with E-state index in [1.165, 1.54) is 0 Å². The first-order chi connectivity index (χ1) is 17.9. The molecule has 2 aliphatic heterocycles. The summed E-state index contributed by atoms with van der Waals surface area (Å²) in [5.74, 6) is 0.539. The van der Waals surface area contributed by atoms with Crippen molar-refractivity contribution in [2.24, 2.45) is 10.1 Å². The van der Waals surface area contributed by atoms with Gasteiger partial charge in [0.15, 0.2) is 12.2 Å². The largest absolute Gasteiger partial charge is 0.497 e. The molecule has 5 rings (SSSR count). The highest BCUT2D eigenvalue weighted by Gasteiger charge is 2.44. The molecule has 3 aromatic rings. The molecular weight excluding hydrogens is 486 g/mol. The molecule has 12 nitrogen and oxygen atoms in total. The van der Waals surface area contributed by atoms with Crippen LogP contribution >= 0.6 is 0 Å². The molecule has 1 fully saturated rings. The van der Waals surface area contributed by atoms with Gasteiger partial charge in [0.05, 0.1) is 31.6 Å². The second kappa shape index (κ2) is 10.5. The van der Waals surface area contributed by atoms with Gasteiger partial charge >= 0.3 is 0 Å². The van der Waals surface area contributed by atoms with Gasteiger partial charge in [0.1, 0.15) is 48.2 Å². The van der Waals surface area contributed by atoms with Gasteiger partial charge in [-0.25, -0.2) is 4.99 Å². The van der Waals surface area contributed by atoms with E-state index in [0.29, 0.717) is 44.9 Å². The average molecular weight is 514 g/mol. The Morgan fingerprint density at radius 2 is 1.86 bits per heavy atom. The lowest BCUT2D eigenvalue weighted by Crippen LogP contribution is -2.59. The van der Waals surface area contributed by atoms with Gasteiger partial charge in [-0.05, 0) is 24.3 Å². The standard InChI is InChI=1S/C25H27N3O9/c1-34-12-6-7-16-14(10-12)18(24(33)27-16)20-19(13-4-2-3-5-15(13)26-20)28-36-9-8-35-25-23(32)22(31)21(30)17(11-29)37-25/h2-7,10,17,21-23,25,27,29-33H,8-9,11H2,1H3/b28-19+/t17-,21-,22+,23-,25?/m1/s1. The lowest BCUT2D eigenvalue weighted by molar-refractivity contribution is -0.302. The van der Waals surface area contributed by atoms with Gasteiger partial charge in [0, 0.05) is 16.5 Å². The van der Waals surface area contributed by atoms with Crippen molar-refractivity contribution < 1.29 is 44.6 Å². The minimum atomic E-state index is -1.53. The van der Waals surface area contributed by atoms with E-state index < -0.39 is 37.3 Å². The Kier molecular flexibility index (Phi) is 7.11. The molecule has 0 aliphatic carbocycles. The molecular formula is C25H27N3O9. The maximum atomic E-state index is 10.7.